The van der Waals surface area contributed by atoms with Crippen LogP contribution in [-0.2, 0) is 28.6 Å². The smallest absolute Gasteiger partial charge is 0.306 e. The minimum absolute atomic E-state index is 0.0647. The summed E-state index contributed by atoms with van der Waals surface area (Å²) in [7, 11) is 0. The minimum atomic E-state index is -0.768. The molecule has 0 radical (unpaired) electrons. The molecule has 1 atom stereocenters. The molecular formula is C71H134O6. The summed E-state index contributed by atoms with van der Waals surface area (Å²) in [6, 6.07) is 0. The van der Waals surface area contributed by atoms with E-state index in [9.17, 15) is 14.4 Å². The SMILES string of the molecule is CCCCCCC/C=C\C/C=C\CCCCCCCCCCCCCC(=O)OCC(COC(=O)CCCCCCCCCCCCCCCCCCC)OC(=O)CCCCCCCCCCCCCCCCCCCCC. The van der Waals surface area contributed by atoms with E-state index in [1.54, 1.807) is 0 Å². The highest BCUT2D eigenvalue weighted by molar-refractivity contribution is 5.71. The van der Waals surface area contributed by atoms with E-state index in [0.717, 1.165) is 64.2 Å². The summed E-state index contributed by atoms with van der Waals surface area (Å²) < 4.78 is 17.0. The Labute approximate surface area is 481 Å². The fraction of sp³-hybridized carbons (Fsp3) is 0.901. The van der Waals surface area contributed by atoms with Gasteiger partial charge in [0.25, 0.3) is 0 Å². The Kier molecular flexibility index (Phi) is 64.6. The summed E-state index contributed by atoms with van der Waals surface area (Å²) in [5.41, 5.74) is 0. The molecule has 0 saturated heterocycles. The number of esters is 3. The van der Waals surface area contributed by atoms with Crippen molar-refractivity contribution in [2.75, 3.05) is 13.2 Å². The first-order valence-electron chi connectivity index (χ1n) is 34.8. The molecule has 6 nitrogen and oxygen atoms in total. The zero-order chi connectivity index (χ0) is 55.7. The van der Waals surface area contributed by atoms with Crippen LogP contribution in [0.1, 0.15) is 393 Å². The molecule has 454 valence electrons. The van der Waals surface area contributed by atoms with Crippen LogP contribution in [0.5, 0.6) is 0 Å². The van der Waals surface area contributed by atoms with Crippen molar-refractivity contribution in [2.45, 2.75) is 399 Å². The minimum Gasteiger partial charge on any atom is -0.462 e. The van der Waals surface area contributed by atoms with Gasteiger partial charge in [-0.05, 0) is 51.4 Å². The largest absolute Gasteiger partial charge is 0.462 e. The number of unbranched alkanes of at least 4 members (excludes halogenated alkanes) is 50. The third kappa shape index (κ3) is 64.6. The lowest BCUT2D eigenvalue weighted by Gasteiger charge is -2.18. The number of carbonyl (C=O) groups excluding carboxylic acids is 3. The molecule has 0 aliphatic rings. The van der Waals surface area contributed by atoms with Gasteiger partial charge < -0.3 is 14.2 Å². The van der Waals surface area contributed by atoms with Gasteiger partial charge in [-0.25, -0.2) is 0 Å². The number of ether oxygens (including phenoxy) is 3. The second-order valence-electron chi connectivity index (χ2n) is 23.8. The van der Waals surface area contributed by atoms with Crippen molar-refractivity contribution in [2.24, 2.45) is 0 Å². The fourth-order valence-corrected chi connectivity index (χ4v) is 10.7. The monoisotopic (exact) mass is 1080 g/mol. The van der Waals surface area contributed by atoms with Gasteiger partial charge in [-0.3, -0.25) is 14.4 Å². The second-order valence-corrected chi connectivity index (χ2v) is 23.8. The number of hydrogen-bond donors (Lipinski definition) is 0. The third-order valence-electron chi connectivity index (χ3n) is 16.0. The average Bonchev–Trinajstić information content (AvgIpc) is 3.43. The maximum absolute atomic E-state index is 12.9. The zero-order valence-corrected chi connectivity index (χ0v) is 52.3. The fourth-order valence-electron chi connectivity index (χ4n) is 10.7. The molecule has 0 N–H and O–H groups in total. The first-order valence-corrected chi connectivity index (χ1v) is 34.8. The van der Waals surface area contributed by atoms with E-state index in [1.165, 1.54) is 289 Å². The Morgan fingerprint density at radius 3 is 0.714 bits per heavy atom. The first kappa shape index (κ1) is 74.9. The van der Waals surface area contributed by atoms with Crippen LogP contribution in [0.2, 0.25) is 0 Å². The van der Waals surface area contributed by atoms with Crippen LogP contribution < -0.4 is 0 Å². The van der Waals surface area contributed by atoms with Gasteiger partial charge in [0.15, 0.2) is 6.10 Å². The van der Waals surface area contributed by atoms with Crippen molar-refractivity contribution in [3.8, 4) is 0 Å². The summed E-state index contributed by atoms with van der Waals surface area (Å²) in [5.74, 6) is -0.832. The third-order valence-corrected chi connectivity index (χ3v) is 16.0. The summed E-state index contributed by atoms with van der Waals surface area (Å²) >= 11 is 0. The Hall–Kier alpha value is -2.11. The quantitative estimate of drug-likeness (QED) is 0.0261. The highest BCUT2D eigenvalue weighted by Gasteiger charge is 2.19. The number of hydrogen-bond acceptors (Lipinski definition) is 6. The molecule has 0 aliphatic heterocycles. The van der Waals surface area contributed by atoms with E-state index in [1.807, 2.05) is 0 Å². The molecule has 1 unspecified atom stereocenters. The van der Waals surface area contributed by atoms with Crippen molar-refractivity contribution in [3.63, 3.8) is 0 Å². The van der Waals surface area contributed by atoms with Crippen molar-refractivity contribution in [1.29, 1.82) is 0 Å². The van der Waals surface area contributed by atoms with Gasteiger partial charge in [-0.15, -0.1) is 0 Å². The summed E-state index contributed by atoms with van der Waals surface area (Å²) in [4.78, 5) is 38.4. The molecule has 0 aromatic heterocycles. The molecular weight excluding hydrogens is 949 g/mol. The van der Waals surface area contributed by atoms with Crippen LogP contribution >= 0.6 is 0 Å². The van der Waals surface area contributed by atoms with Crippen LogP contribution in [-0.4, -0.2) is 37.2 Å². The van der Waals surface area contributed by atoms with Gasteiger partial charge in [-0.1, -0.05) is 347 Å². The molecule has 0 amide bonds. The first-order chi connectivity index (χ1) is 38.0. The maximum atomic E-state index is 12.9. The van der Waals surface area contributed by atoms with Gasteiger partial charge in [0.2, 0.25) is 0 Å². The Morgan fingerprint density at radius 2 is 0.468 bits per heavy atom. The Balaban J connectivity index is 4.29. The molecule has 0 aromatic rings. The summed E-state index contributed by atoms with van der Waals surface area (Å²) in [6.45, 7) is 6.72. The maximum Gasteiger partial charge on any atom is 0.306 e. The van der Waals surface area contributed by atoms with E-state index >= 15 is 0 Å². The molecule has 0 bridgehead atoms. The van der Waals surface area contributed by atoms with Gasteiger partial charge >= 0.3 is 17.9 Å². The van der Waals surface area contributed by atoms with Crippen molar-refractivity contribution >= 4 is 17.9 Å². The van der Waals surface area contributed by atoms with Crippen LogP contribution in [0.15, 0.2) is 24.3 Å². The number of allylic oxidation sites excluding steroid dienone is 4. The van der Waals surface area contributed by atoms with Crippen molar-refractivity contribution in [3.05, 3.63) is 24.3 Å². The van der Waals surface area contributed by atoms with Crippen molar-refractivity contribution in [1.82, 2.24) is 0 Å². The van der Waals surface area contributed by atoms with Crippen LogP contribution in [0, 0.1) is 0 Å². The zero-order valence-electron chi connectivity index (χ0n) is 52.3. The predicted molar refractivity (Wildman–Crippen MR) is 335 cm³/mol. The highest BCUT2D eigenvalue weighted by Crippen LogP contribution is 2.19. The van der Waals surface area contributed by atoms with Gasteiger partial charge in [0, 0.05) is 19.3 Å². The molecule has 0 spiro atoms. The van der Waals surface area contributed by atoms with E-state index in [4.69, 9.17) is 14.2 Å². The van der Waals surface area contributed by atoms with Crippen molar-refractivity contribution < 1.29 is 28.6 Å². The van der Waals surface area contributed by atoms with E-state index in [-0.39, 0.29) is 31.1 Å². The van der Waals surface area contributed by atoms with E-state index in [0.29, 0.717) is 19.3 Å². The molecule has 0 heterocycles. The molecule has 0 aromatic carbocycles. The Bertz CT molecular complexity index is 1240. The Morgan fingerprint density at radius 1 is 0.260 bits per heavy atom. The molecule has 77 heavy (non-hydrogen) atoms. The molecule has 0 aliphatic carbocycles. The number of rotatable bonds is 65. The summed E-state index contributed by atoms with van der Waals surface area (Å²) in [5, 5.41) is 0. The van der Waals surface area contributed by atoms with E-state index < -0.39 is 6.10 Å². The standard InChI is InChI=1S/C71H134O6/c1-4-7-10-13-16-19-22-25-28-31-33-34-35-36-38-40-43-46-49-52-55-58-61-64-70(73)76-67-68(66-75-69(72)63-60-57-54-51-48-45-42-39-30-27-24-21-18-15-12-9-6-3)77-71(74)65-62-59-56-53-50-47-44-41-37-32-29-26-23-20-17-14-11-8-5-2/h22,25,31,33,68H,4-21,23-24,26-30,32,34-67H2,1-3H3/b25-22-,33-31-. The highest BCUT2D eigenvalue weighted by atomic mass is 16.6. The van der Waals surface area contributed by atoms with Gasteiger partial charge in [0.1, 0.15) is 13.2 Å². The molecule has 0 rings (SSSR count). The molecule has 0 saturated carbocycles. The lowest BCUT2D eigenvalue weighted by Crippen LogP contribution is -2.30. The van der Waals surface area contributed by atoms with E-state index in [2.05, 4.69) is 45.1 Å². The predicted octanol–water partition coefficient (Wildman–Crippen LogP) is 23.8. The van der Waals surface area contributed by atoms with Gasteiger partial charge in [0.05, 0.1) is 0 Å². The van der Waals surface area contributed by atoms with Crippen LogP contribution in [0.4, 0.5) is 0 Å². The average molecular weight is 1080 g/mol. The summed E-state index contributed by atoms with van der Waals surface area (Å²) in [6.07, 6.45) is 80.5. The lowest BCUT2D eigenvalue weighted by atomic mass is 10.0. The van der Waals surface area contributed by atoms with Crippen LogP contribution in [0.3, 0.4) is 0 Å². The topological polar surface area (TPSA) is 78.9 Å². The molecule has 6 heteroatoms. The normalized spacial score (nSPS) is 12.1. The van der Waals surface area contributed by atoms with Gasteiger partial charge in [-0.2, -0.15) is 0 Å². The molecule has 0 fully saturated rings. The van der Waals surface area contributed by atoms with Crippen LogP contribution in [0.25, 0.3) is 0 Å². The second kappa shape index (κ2) is 66.4. The lowest BCUT2D eigenvalue weighted by molar-refractivity contribution is -0.167. The number of carbonyl (C=O) groups is 3.